The SMILES string of the molecule is C[NH+](C)Cc1ccc2c(=O)c3ccccc3sc2c1. The highest BCUT2D eigenvalue weighted by atomic mass is 32.1. The Labute approximate surface area is 115 Å². The van der Waals surface area contributed by atoms with Gasteiger partial charge in [-0.2, -0.15) is 0 Å². The summed E-state index contributed by atoms with van der Waals surface area (Å²) in [7, 11) is 4.26. The van der Waals surface area contributed by atoms with Gasteiger partial charge >= 0.3 is 0 Å². The van der Waals surface area contributed by atoms with Crippen molar-refractivity contribution in [2.24, 2.45) is 0 Å². The number of hydrogen-bond acceptors (Lipinski definition) is 2. The lowest BCUT2D eigenvalue weighted by atomic mass is 10.1. The molecule has 0 bridgehead atoms. The van der Waals surface area contributed by atoms with Crippen molar-refractivity contribution in [2.75, 3.05) is 14.1 Å². The van der Waals surface area contributed by atoms with Gasteiger partial charge < -0.3 is 4.90 Å². The molecule has 0 fully saturated rings. The molecule has 0 amide bonds. The Hall–Kier alpha value is -1.71. The second kappa shape index (κ2) is 4.76. The summed E-state index contributed by atoms with van der Waals surface area (Å²) in [5, 5.41) is 1.66. The van der Waals surface area contributed by atoms with Crippen LogP contribution in [-0.2, 0) is 6.54 Å². The summed E-state index contributed by atoms with van der Waals surface area (Å²) in [6.45, 7) is 0.976. The predicted octanol–water partition coefficient (Wildman–Crippen LogP) is 2.06. The van der Waals surface area contributed by atoms with Gasteiger partial charge in [-0.25, -0.2) is 0 Å². The fourth-order valence-electron chi connectivity index (χ4n) is 2.36. The molecule has 0 spiro atoms. The van der Waals surface area contributed by atoms with E-state index in [0.29, 0.717) is 0 Å². The lowest BCUT2D eigenvalue weighted by Gasteiger charge is -2.08. The van der Waals surface area contributed by atoms with E-state index in [1.54, 1.807) is 11.3 Å². The van der Waals surface area contributed by atoms with Crippen LogP contribution in [0.15, 0.2) is 47.3 Å². The Bertz CT molecular complexity index is 805. The molecule has 0 saturated heterocycles. The Morgan fingerprint density at radius 2 is 1.74 bits per heavy atom. The van der Waals surface area contributed by atoms with Crippen molar-refractivity contribution in [3.8, 4) is 0 Å². The van der Waals surface area contributed by atoms with E-state index in [2.05, 4.69) is 26.2 Å². The van der Waals surface area contributed by atoms with Crippen LogP contribution in [0.4, 0.5) is 0 Å². The second-order valence-electron chi connectivity index (χ2n) is 5.14. The Morgan fingerprint density at radius 1 is 1.00 bits per heavy atom. The molecule has 0 atom stereocenters. The van der Waals surface area contributed by atoms with Crippen LogP contribution < -0.4 is 10.3 Å². The molecule has 0 saturated carbocycles. The number of nitrogens with one attached hydrogen (secondary N) is 1. The molecular formula is C16H16NOS+. The highest BCUT2D eigenvalue weighted by Crippen LogP contribution is 2.25. The molecule has 0 aliphatic heterocycles. The first-order chi connectivity index (χ1) is 9.15. The number of quaternary nitrogens is 1. The van der Waals surface area contributed by atoms with Gasteiger partial charge in [-0.15, -0.1) is 11.3 Å². The fourth-order valence-corrected chi connectivity index (χ4v) is 3.50. The molecule has 1 heterocycles. The number of fused-ring (bicyclic) bond motifs is 2. The number of benzene rings is 2. The zero-order valence-electron chi connectivity index (χ0n) is 11.1. The fraction of sp³-hybridized carbons (Fsp3) is 0.188. The first-order valence-corrected chi connectivity index (χ1v) is 7.20. The van der Waals surface area contributed by atoms with Gasteiger partial charge in [-0.3, -0.25) is 4.79 Å². The van der Waals surface area contributed by atoms with Crippen LogP contribution in [-0.4, -0.2) is 14.1 Å². The van der Waals surface area contributed by atoms with E-state index in [1.165, 1.54) is 10.5 Å². The third-order valence-electron chi connectivity index (χ3n) is 3.20. The van der Waals surface area contributed by atoms with Crippen LogP contribution in [0.3, 0.4) is 0 Å². The van der Waals surface area contributed by atoms with Gasteiger partial charge in [0.2, 0.25) is 0 Å². The molecule has 3 heteroatoms. The van der Waals surface area contributed by atoms with Crippen molar-refractivity contribution in [2.45, 2.75) is 6.54 Å². The highest BCUT2D eigenvalue weighted by molar-refractivity contribution is 7.24. The average molecular weight is 270 g/mol. The Morgan fingerprint density at radius 3 is 2.53 bits per heavy atom. The van der Waals surface area contributed by atoms with Crippen molar-refractivity contribution in [1.82, 2.24) is 0 Å². The number of hydrogen-bond donors (Lipinski definition) is 1. The maximum absolute atomic E-state index is 12.4. The molecule has 0 radical (unpaired) electrons. The third-order valence-corrected chi connectivity index (χ3v) is 4.33. The monoisotopic (exact) mass is 270 g/mol. The van der Waals surface area contributed by atoms with Gasteiger partial charge in [0.1, 0.15) is 6.54 Å². The average Bonchev–Trinajstić information content (AvgIpc) is 2.38. The van der Waals surface area contributed by atoms with Crippen molar-refractivity contribution in [3.63, 3.8) is 0 Å². The van der Waals surface area contributed by atoms with E-state index in [0.717, 1.165) is 26.7 Å². The topological polar surface area (TPSA) is 21.5 Å². The molecule has 2 nitrogen and oxygen atoms in total. The van der Waals surface area contributed by atoms with E-state index in [4.69, 9.17) is 0 Å². The predicted molar refractivity (Wildman–Crippen MR) is 82.1 cm³/mol. The first-order valence-electron chi connectivity index (χ1n) is 6.38. The molecule has 19 heavy (non-hydrogen) atoms. The molecule has 3 rings (SSSR count). The third kappa shape index (κ3) is 2.27. The zero-order valence-corrected chi connectivity index (χ0v) is 11.9. The molecule has 3 aromatic rings. The second-order valence-corrected chi connectivity index (χ2v) is 6.23. The summed E-state index contributed by atoms with van der Waals surface area (Å²) in [6, 6.07) is 14.0. The van der Waals surface area contributed by atoms with Crippen LogP contribution in [0, 0.1) is 0 Å². The van der Waals surface area contributed by atoms with Gasteiger partial charge in [-0.1, -0.05) is 18.2 Å². The molecule has 0 unspecified atom stereocenters. The lowest BCUT2D eigenvalue weighted by Crippen LogP contribution is -3.04. The van der Waals surface area contributed by atoms with Gasteiger partial charge in [0, 0.05) is 25.7 Å². The van der Waals surface area contributed by atoms with Gasteiger partial charge in [-0.05, 0) is 24.3 Å². The maximum Gasteiger partial charge on any atom is 0.195 e. The highest BCUT2D eigenvalue weighted by Gasteiger charge is 2.07. The van der Waals surface area contributed by atoms with Crippen LogP contribution >= 0.6 is 11.3 Å². The van der Waals surface area contributed by atoms with E-state index in [-0.39, 0.29) is 5.43 Å². The quantitative estimate of drug-likeness (QED) is 0.707. The molecule has 2 aromatic carbocycles. The minimum Gasteiger partial charge on any atom is -0.336 e. The van der Waals surface area contributed by atoms with Crippen LogP contribution in [0.2, 0.25) is 0 Å². The largest absolute Gasteiger partial charge is 0.336 e. The zero-order chi connectivity index (χ0) is 13.4. The van der Waals surface area contributed by atoms with E-state index in [1.807, 2.05) is 30.3 Å². The van der Waals surface area contributed by atoms with Crippen molar-refractivity contribution >= 4 is 31.5 Å². The van der Waals surface area contributed by atoms with Crippen LogP contribution in [0.1, 0.15) is 5.56 Å². The summed E-state index contributed by atoms with van der Waals surface area (Å²) in [5.41, 5.74) is 1.42. The van der Waals surface area contributed by atoms with E-state index < -0.39 is 0 Å². The molecular weight excluding hydrogens is 254 g/mol. The Balaban J connectivity index is 2.29. The molecule has 96 valence electrons. The summed E-state index contributed by atoms with van der Waals surface area (Å²) in [5.74, 6) is 0. The smallest absolute Gasteiger partial charge is 0.195 e. The first kappa shape index (κ1) is 12.3. The standard InChI is InChI=1S/C16H15NOS/c1-17(2)10-11-7-8-13-15(9-11)19-14-6-4-3-5-12(14)16(13)18/h3-9H,10H2,1-2H3/p+1. The van der Waals surface area contributed by atoms with Gasteiger partial charge in [0.25, 0.3) is 0 Å². The van der Waals surface area contributed by atoms with E-state index >= 15 is 0 Å². The van der Waals surface area contributed by atoms with Crippen molar-refractivity contribution in [3.05, 3.63) is 58.3 Å². The summed E-state index contributed by atoms with van der Waals surface area (Å²) in [4.78, 5) is 13.8. The lowest BCUT2D eigenvalue weighted by molar-refractivity contribution is -0.872. The molecule has 1 aromatic heterocycles. The molecule has 0 aliphatic rings. The van der Waals surface area contributed by atoms with Crippen molar-refractivity contribution in [1.29, 1.82) is 0 Å². The molecule has 1 N–H and O–H groups in total. The normalized spacial score (nSPS) is 11.5. The van der Waals surface area contributed by atoms with Crippen LogP contribution in [0.25, 0.3) is 20.2 Å². The van der Waals surface area contributed by atoms with Crippen LogP contribution in [0.5, 0.6) is 0 Å². The van der Waals surface area contributed by atoms with Crippen molar-refractivity contribution < 1.29 is 4.90 Å². The summed E-state index contributed by atoms with van der Waals surface area (Å²) < 4.78 is 2.15. The Kier molecular flexibility index (Phi) is 3.09. The molecule has 0 aliphatic carbocycles. The van der Waals surface area contributed by atoms with E-state index in [9.17, 15) is 4.79 Å². The summed E-state index contributed by atoms with van der Waals surface area (Å²) >= 11 is 1.70. The van der Waals surface area contributed by atoms with Gasteiger partial charge in [0.15, 0.2) is 5.43 Å². The maximum atomic E-state index is 12.4. The number of rotatable bonds is 2. The summed E-state index contributed by atoms with van der Waals surface area (Å²) in [6.07, 6.45) is 0. The minimum atomic E-state index is 0.146. The minimum absolute atomic E-state index is 0.146. The van der Waals surface area contributed by atoms with Gasteiger partial charge in [0.05, 0.1) is 14.1 Å².